The highest BCUT2D eigenvalue weighted by Gasteiger charge is 2.16. The number of nitrogens with zero attached hydrogens (tertiary/aromatic N) is 4. The molecule has 0 radical (unpaired) electrons. The van der Waals surface area contributed by atoms with Crippen LogP contribution < -0.4 is 4.90 Å². The zero-order valence-corrected chi connectivity index (χ0v) is 11.2. The van der Waals surface area contributed by atoms with Crippen molar-refractivity contribution in [3.63, 3.8) is 0 Å². The minimum Gasteiger partial charge on any atom is -0.366 e. The molecule has 18 heavy (non-hydrogen) atoms. The molecule has 1 fully saturated rings. The number of aromatic nitrogens is 1. The first-order valence-corrected chi connectivity index (χ1v) is 6.21. The summed E-state index contributed by atoms with van der Waals surface area (Å²) in [6.45, 7) is 7.90. The average Bonchev–Trinajstić information content (AvgIpc) is 2.42. The van der Waals surface area contributed by atoms with Crippen molar-refractivity contribution in [2.75, 3.05) is 38.1 Å². The Kier molecular flexibility index (Phi) is 5.51. The molecule has 0 unspecified atom stereocenters. The van der Waals surface area contributed by atoms with Crippen LogP contribution in [0.15, 0.2) is 18.3 Å². The second kappa shape index (κ2) is 6.90. The molecule has 6 heteroatoms. The molecule has 1 aliphatic rings. The van der Waals surface area contributed by atoms with Gasteiger partial charge >= 0.3 is 5.82 Å². The highest BCUT2D eigenvalue weighted by molar-refractivity contribution is 5.46. The summed E-state index contributed by atoms with van der Waals surface area (Å²) < 4.78 is 0. The minimum absolute atomic E-state index is 0.0992. The molecular formula is C12H20N4O2. The van der Waals surface area contributed by atoms with Crippen molar-refractivity contribution in [3.05, 3.63) is 28.4 Å². The van der Waals surface area contributed by atoms with E-state index in [-0.39, 0.29) is 5.82 Å². The van der Waals surface area contributed by atoms with Crippen LogP contribution in [0.25, 0.3) is 0 Å². The molecule has 0 aliphatic carbocycles. The highest BCUT2D eigenvalue weighted by Crippen LogP contribution is 2.17. The van der Waals surface area contributed by atoms with Crippen LogP contribution in [0.5, 0.6) is 0 Å². The summed E-state index contributed by atoms with van der Waals surface area (Å²) >= 11 is 0. The molecule has 0 saturated carbocycles. The lowest BCUT2D eigenvalue weighted by Gasteiger charge is -2.33. The molecule has 1 aromatic rings. The maximum absolute atomic E-state index is 10.5. The number of nitro groups is 1. The average molecular weight is 252 g/mol. The number of pyridine rings is 1. The lowest BCUT2D eigenvalue weighted by molar-refractivity contribution is -0.389. The van der Waals surface area contributed by atoms with Crippen molar-refractivity contribution in [1.82, 2.24) is 9.88 Å². The van der Waals surface area contributed by atoms with Crippen LogP contribution in [0.2, 0.25) is 0 Å². The molecule has 1 aromatic heterocycles. The van der Waals surface area contributed by atoms with Gasteiger partial charge in [-0.05, 0) is 23.0 Å². The quantitative estimate of drug-likeness (QED) is 0.593. The molecule has 0 bridgehead atoms. The summed E-state index contributed by atoms with van der Waals surface area (Å²) in [4.78, 5) is 18.2. The van der Waals surface area contributed by atoms with E-state index >= 15 is 0 Å². The van der Waals surface area contributed by atoms with Crippen LogP contribution >= 0.6 is 0 Å². The van der Waals surface area contributed by atoms with Crippen LogP contribution in [-0.4, -0.2) is 48.0 Å². The van der Waals surface area contributed by atoms with Crippen LogP contribution in [0.1, 0.15) is 13.8 Å². The molecule has 2 heterocycles. The molecule has 0 N–H and O–H groups in total. The Bertz CT molecular complexity index is 372. The predicted molar refractivity (Wildman–Crippen MR) is 71.9 cm³/mol. The zero-order valence-electron chi connectivity index (χ0n) is 11.2. The molecule has 0 atom stereocenters. The molecule has 6 nitrogen and oxygen atoms in total. The second-order valence-electron chi connectivity index (χ2n) is 3.92. The summed E-state index contributed by atoms with van der Waals surface area (Å²) in [6.07, 6.45) is 1.57. The van der Waals surface area contributed by atoms with Gasteiger partial charge in [-0.25, -0.2) is 0 Å². The lowest BCUT2D eigenvalue weighted by Crippen LogP contribution is -2.44. The monoisotopic (exact) mass is 252 g/mol. The SMILES string of the molecule is CC.CN1CCN(c2ccc([N+](=O)[O-])nc2)CC1. The van der Waals surface area contributed by atoms with Crippen LogP contribution in [0.3, 0.4) is 0 Å². The van der Waals surface area contributed by atoms with E-state index in [0.29, 0.717) is 0 Å². The Balaban J connectivity index is 0.000000771. The Morgan fingerprint density at radius 1 is 1.22 bits per heavy atom. The Hall–Kier alpha value is -1.69. The molecule has 2 rings (SSSR count). The highest BCUT2D eigenvalue weighted by atomic mass is 16.6. The fourth-order valence-electron chi connectivity index (χ4n) is 1.74. The molecule has 1 saturated heterocycles. The van der Waals surface area contributed by atoms with E-state index in [1.807, 2.05) is 13.8 Å². The Morgan fingerprint density at radius 2 is 1.83 bits per heavy atom. The van der Waals surface area contributed by atoms with Gasteiger partial charge in [0.2, 0.25) is 0 Å². The number of likely N-dealkylation sites (N-methyl/N-ethyl adjacent to an activating group) is 1. The van der Waals surface area contributed by atoms with E-state index in [1.165, 1.54) is 6.07 Å². The van der Waals surface area contributed by atoms with Crippen molar-refractivity contribution in [2.24, 2.45) is 0 Å². The number of piperazine rings is 1. The standard InChI is InChI=1S/C10H14N4O2.C2H6/c1-12-4-6-13(7-5-12)9-2-3-10(11-8-9)14(15)16;1-2/h2-3,8H,4-7H2,1H3;1-2H3. The summed E-state index contributed by atoms with van der Waals surface area (Å²) in [5.74, 6) is -0.0992. The van der Waals surface area contributed by atoms with E-state index in [2.05, 4.69) is 21.8 Å². The molecule has 0 spiro atoms. The molecule has 0 amide bonds. The van der Waals surface area contributed by atoms with Crippen molar-refractivity contribution < 1.29 is 4.92 Å². The van der Waals surface area contributed by atoms with E-state index in [4.69, 9.17) is 0 Å². The van der Waals surface area contributed by atoms with Gasteiger partial charge in [0.1, 0.15) is 0 Å². The van der Waals surface area contributed by atoms with Gasteiger partial charge in [0, 0.05) is 32.2 Å². The summed E-state index contributed by atoms with van der Waals surface area (Å²) in [7, 11) is 2.09. The normalized spacial score (nSPS) is 15.8. The van der Waals surface area contributed by atoms with Crippen molar-refractivity contribution in [1.29, 1.82) is 0 Å². The third-order valence-corrected chi connectivity index (χ3v) is 2.79. The van der Waals surface area contributed by atoms with Gasteiger partial charge < -0.3 is 19.9 Å². The smallest absolute Gasteiger partial charge is 0.363 e. The first kappa shape index (κ1) is 14.4. The molecule has 1 aliphatic heterocycles. The minimum atomic E-state index is -0.478. The summed E-state index contributed by atoms with van der Waals surface area (Å²) in [5, 5.41) is 10.5. The van der Waals surface area contributed by atoms with Gasteiger partial charge in [0.05, 0.1) is 5.69 Å². The maximum Gasteiger partial charge on any atom is 0.363 e. The van der Waals surface area contributed by atoms with E-state index in [1.54, 1.807) is 12.3 Å². The van der Waals surface area contributed by atoms with Gasteiger partial charge in [-0.1, -0.05) is 13.8 Å². The Morgan fingerprint density at radius 3 is 2.28 bits per heavy atom. The van der Waals surface area contributed by atoms with Gasteiger partial charge in [-0.3, -0.25) is 0 Å². The van der Waals surface area contributed by atoms with E-state index in [0.717, 1.165) is 31.9 Å². The first-order valence-electron chi connectivity index (χ1n) is 6.21. The zero-order chi connectivity index (χ0) is 13.5. The van der Waals surface area contributed by atoms with E-state index in [9.17, 15) is 10.1 Å². The van der Waals surface area contributed by atoms with Gasteiger partial charge in [-0.2, -0.15) is 0 Å². The van der Waals surface area contributed by atoms with Crippen LogP contribution in [-0.2, 0) is 0 Å². The Labute approximate surface area is 107 Å². The number of rotatable bonds is 2. The van der Waals surface area contributed by atoms with E-state index < -0.39 is 4.92 Å². The third-order valence-electron chi connectivity index (χ3n) is 2.79. The second-order valence-corrected chi connectivity index (χ2v) is 3.92. The topological polar surface area (TPSA) is 62.5 Å². The fraction of sp³-hybridized carbons (Fsp3) is 0.583. The van der Waals surface area contributed by atoms with Gasteiger partial charge in [0.25, 0.3) is 0 Å². The van der Waals surface area contributed by atoms with Crippen LogP contribution in [0, 0.1) is 10.1 Å². The van der Waals surface area contributed by atoms with Crippen molar-refractivity contribution in [3.8, 4) is 0 Å². The predicted octanol–water partition coefficient (Wildman–Crippen LogP) is 1.77. The van der Waals surface area contributed by atoms with Crippen molar-refractivity contribution >= 4 is 11.5 Å². The maximum atomic E-state index is 10.5. The fourth-order valence-corrected chi connectivity index (χ4v) is 1.74. The van der Waals surface area contributed by atoms with Crippen LogP contribution in [0.4, 0.5) is 11.5 Å². The van der Waals surface area contributed by atoms with Crippen molar-refractivity contribution in [2.45, 2.75) is 13.8 Å². The molecular weight excluding hydrogens is 232 g/mol. The summed E-state index contributed by atoms with van der Waals surface area (Å²) in [5.41, 5.74) is 0.957. The third kappa shape index (κ3) is 3.66. The molecule has 100 valence electrons. The molecule has 0 aromatic carbocycles. The van der Waals surface area contributed by atoms with Gasteiger partial charge in [-0.15, -0.1) is 0 Å². The number of anilines is 1. The summed E-state index contributed by atoms with van der Waals surface area (Å²) in [6, 6.07) is 3.21. The largest absolute Gasteiger partial charge is 0.366 e. The first-order chi connectivity index (χ1) is 8.66. The number of hydrogen-bond acceptors (Lipinski definition) is 5. The van der Waals surface area contributed by atoms with Gasteiger partial charge in [0.15, 0.2) is 6.20 Å². The number of hydrogen-bond donors (Lipinski definition) is 0. The lowest BCUT2D eigenvalue weighted by atomic mass is 10.3.